The topological polar surface area (TPSA) is 55.4 Å². The van der Waals surface area contributed by atoms with Crippen LogP contribution in [0.2, 0.25) is 6.04 Å². The smallest absolute Gasteiger partial charge is 0.494 e. The molecule has 1 aromatic rings. The van der Waals surface area contributed by atoms with E-state index in [9.17, 15) is 0 Å². The zero-order valence-corrected chi connectivity index (χ0v) is 20.6. The Morgan fingerprint density at radius 3 is 2.33 bits per heavy atom. The number of fused-ring (bicyclic) bond motifs is 1. The van der Waals surface area contributed by atoms with Crippen LogP contribution in [0.3, 0.4) is 0 Å². The Labute approximate surface area is 183 Å². The molecule has 1 aromatic carbocycles. The van der Waals surface area contributed by atoms with E-state index in [1.807, 2.05) is 45.9 Å². The molecule has 1 atom stereocenters. The molecule has 0 saturated carbocycles. The van der Waals surface area contributed by atoms with Crippen molar-refractivity contribution in [1.82, 2.24) is 0 Å². The average Bonchev–Trinajstić information content (AvgIpc) is 2.70. The highest BCUT2D eigenvalue weighted by atomic mass is 28.4. The van der Waals surface area contributed by atoms with Crippen LogP contribution in [0, 0.1) is 5.92 Å². The Hall–Kier alpha value is -1.12. The van der Waals surface area contributed by atoms with Crippen LogP contribution in [-0.4, -0.2) is 41.0 Å². The van der Waals surface area contributed by atoms with Crippen LogP contribution >= 0.6 is 0 Å². The van der Waals surface area contributed by atoms with E-state index in [0.29, 0.717) is 39.0 Å². The summed E-state index contributed by atoms with van der Waals surface area (Å²) in [4.78, 5) is 0. The Bertz CT molecular complexity index is 621. The first-order valence-electron chi connectivity index (χ1n) is 11.4. The van der Waals surface area contributed by atoms with Crippen molar-refractivity contribution >= 4 is 8.80 Å². The second-order valence-corrected chi connectivity index (χ2v) is 10.9. The lowest BCUT2D eigenvalue weighted by molar-refractivity contribution is -0.199. The molecule has 0 saturated heterocycles. The van der Waals surface area contributed by atoms with Crippen molar-refractivity contribution in [2.75, 3.05) is 26.4 Å². The van der Waals surface area contributed by atoms with Gasteiger partial charge in [0, 0.05) is 44.8 Å². The van der Waals surface area contributed by atoms with Crippen molar-refractivity contribution in [2.24, 2.45) is 5.92 Å². The lowest BCUT2D eigenvalue weighted by atomic mass is 10.0. The second kappa shape index (κ2) is 12.1. The quantitative estimate of drug-likeness (QED) is 0.279. The number of hydrogen-bond acceptors (Lipinski definition) is 6. The lowest BCUT2D eigenvalue weighted by Gasteiger charge is -2.36. The predicted molar refractivity (Wildman–Crippen MR) is 120 cm³/mol. The molecule has 0 N–H and O–H groups in total. The van der Waals surface area contributed by atoms with Crippen molar-refractivity contribution in [2.45, 2.75) is 79.2 Å². The molecule has 0 amide bonds. The van der Waals surface area contributed by atoms with Gasteiger partial charge in [-0.2, -0.15) is 0 Å². The van der Waals surface area contributed by atoms with Gasteiger partial charge in [0.05, 0.1) is 13.2 Å². The van der Waals surface area contributed by atoms with E-state index in [-0.39, 0.29) is 0 Å². The van der Waals surface area contributed by atoms with E-state index in [4.69, 9.17) is 27.5 Å². The Kier molecular flexibility index (Phi) is 10.1. The summed E-state index contributed by atoms with van der Waals surface area (Å²) in [5.74, 6) is 1.78. The van der Waals surface area contributed by atoms with Crippen LogP contribution in [0.15, 0.2) is 18.2 Å². The SMILES string of the molecule is CCO[Si](CCCOc1ccc2c(c1)COC(C)(CCC(C)C)O2)(OCC)OCC. The molecule has 6 nitrogen and oxygen atoms in total. The summed E-state index contributed by atoms with van der Waals surface area (Å²) in [6.45, 7) is 15.3. The summed E-state index contributed by atoms with van der Waals surface area (Å²) >= 11 is 0. The maximum atomic E-state index is 6.15. The molecule has 1 heterocycles. The van der Waals surface area contributed by atoms with Crippen molar-refractivity contribution in [3.63, 3.8) is 0 Å². The van der Waals surface area contributed by atoms with Crippen LogP contribution in [0.25, 0.3) is 0 Å². The predicted octanol–water partition coefficient (Wildman–Crippen LogP) is 5.57. The third-order valence-corrected chi connectivity index (χ3v) is 8.21. The van der Waals surface area contributed by atoms with Gasteiger partial charge >= 0.3 is 8.80 Å². The van der Waals surface area contributed by atoms with Crippen molar-refractivity contribution in [3.8, 4) is 11.5 Å². The summed E-state index contributed by atoms with van der Waals surface area (Å²) in [6, 6.07) is 6.70. The van der Waals surface area contributed by atoms with Gasteiger partial charge in [0.15, 0.2) is 0 Å². The van der Waals surface area contributed by atoms with Crippen LogP contribution in [-0.2, 0) is 24.6 Å². The van der Waals surface area contributed by atoms with Gasteiger partial charge in [-0.3, -0.25) is 0 Å². The molecular formula is C23H40O6Si. The molecule has 172 valence electrons. The maximum absolute atomic E-state index is 6.15. The van der Waals surface area contributed by atoms with E-state index < -0.39 is 14.6 Å². The fraction of sp³-hybridized carbons (Fsp3) is 0.739. The maximum Gasteiger partial charge on any atom is 0.501 e. The van der Waals surface area contributed by atoms with E-state index >= 15 is 0 Å². The van der Waals surface area contributed by atoms with Gasteiger partial charge in [-0.05, 0) is 57.7 Å². The minimum Gasteiger partial charge on any atom is -0.494 e. The van der Waals surface area contributed by atoms with Gasteiger partial charge in [-0.25, -0.2) is 0 Å². The minimum atomic E-state index is -2.61. The number of ether oxygens (including phenoxy) is 3. The van der Waals surface area contributed by atoms with Gasteiger partial charge in [0.1, 0.15) is 11.5 Å². The molecule has 1 aliphatic rings. The highest BCUT2D eigenvalue weighted by Crippen LogP contribution is 2.36. The summed E-state index contributed by atoms with van der Waals surface area (Å²) in [6.07, 6.45) is 2.76. The van der Waals surface area contributed by atoms with E-state index in [1.165, 1.54) is 0 Å². The highest BCUT2D eigenvalue weighted by molar-refractivity contribution is 6.60. The molecule has 2 rings (SSSR count). The first-order chi connectivity index (χ1) is 14.4. The fourth-order valence-corrected chi connectivity index (χ4v) is 6.08. The average molecular weight is 441 g/mol. The third-order valence-electron chi connectivity index (χ3n) is 5.06. The molecule has 0 radical (unpaired) electrons. The summed E-state index contributed by atoms with van der Waals surface area (Å²) in [7, 11) is -2.61. The summed E-state index contributed by atoms with van der Waals surface area (Å²) in [5.41, 5.74) is 1.02. The minimum absolute atomic E-state index is 0.538. The Morgan fingerprint density at radius 2 is 1.73 bits per heavy atom. The largest absolute Gasteiger partial charge is 0.501 e. The third kappa shape index (κ3) is 7.53. The summed E-state index contributed by atoms with van der Waals surface area (Å²) < 4.78 is 35.8. The zero-order valence-electron chi connectivity index (χ0n) is 19.6. The molecule has 0 aliphatic carbocycles. The van der Waals surface area contributed by atoms with Crippen LogP contribution in [0.1, 0.15) is 66.4 Å². The number of rotatable bonds is 14. The van der Waals surface area contributed by atoms with Crippen LogP contribution < -0.4 is 9.47 Å². The molecule has 0 bridgehead atoms. The molecule has 0 aromatic heterocycles. The molecule has 1 unspecified atom stereocenters. The van der Waals surface area contributed by atoms with Crippen LogP contribution in [0.5, 0.6) is 11.5 Å². The van der Waals surface area contributed by atoms with Crippen molar-refractivity contribution in [3.05, 3.63) is 23.8 Å². The number of hydrogen-bond donors (Lipinski definition) is 0. The monoisotopic (exact) mass is 440 g/mol. The molecule has 1 aliphatic heterocycles. The van der Waals surface area contributed by atoms with E-state index in [0.717, 1.165) is 42.4 Å². The van der Waals surface area contributed by atoms with Gasteiger partial charge in [-0.15, -0.1) is 0 Å². The first-order valence-corrected chi connectivity index (χ1v) is 13.3. The molecular weight excluding hydrogens is 400 g/mol. The van der Waals surface area contributed by atoms with E-state index in [1.54, 1.807) is 0 Å². The molecule has 0 fully saturated rings. The molecule has 0 spiro atoms. The summed E-state index contributed by atoms with van der Waals surface area (Å²) in [5, 5.41) is 0. The van der Waals surface area contributed by atoms with Crippen molar-refractivity contribution in [1.29, 1.82) is 0 Å². The van der Waals surface area contributed by atoms with Gasteiger partial charge < -0.3 is 27.5 Å². The highest BCUT2D eigenvalue weighted by Gasteiger charge is 2.39. The first kappa shape index (κ1) is 25.1. The Balaban J connectivity index is 1.88. The lowest BCUT2D eigenvalue weighted by Crippen LogP contribution is -2.46. The normalized spacial score (nSPS) is 18.9. The van der Waals surface area contributed by atoms with Crippen molar-refractivity contribution < 1.29 is 27.5 Å². The standard InChI is InChI=1S/C23H40O6Si/c1-7-26-30(27-8-2,28-9-3)16-10-15-24-21-11-12-22-20(17-21)18-25-23(6,29-22)14-13-19(4)5/h11-12,17,19H,7-10,13-16,18H2,1-6H3. The second-order valence-electron chi connectivity index (χ2n) is 8.16. The Morgan fingerprint density at radius 1 is 1.07 bits per heavy atom. The van der Waals surface area contributed by atoms with Gasteiger partial charge in [0.2, 0.25) is 5.79 Å². The van der Waals surface area contributed by atoms with Gasteiger partial charge in [0.25, 0.3) is 0 Å². The number of benzene rings is 1. The van der Waals surface area contributed by atoms with E-state index in [2.05, 4.69) is 13.8 Å². The van der Waals surface area contributed by atoms with Crippen LogP contribution in [0.4, 0.5) is 0 Å². The molecule has 30 heavy (non-hydrogen) atoms. The fourth-order valence-electron chi connectivity index (χ4n) is 3.50. The zero-order chi connectivity index (χ0) is 22.0. The van der Waals surface area contributed by atoms with Gasteiger partial charge in [-0.1, -0.05) is 13.8 Å². The molecule has 7 heteroatoms.